The summed E-state index contributed by atoms with van der Waals surface area (Å²) < 4.78 is 5.77. The molecule has 0 aliphatic carbocycles. The maximum absolute atomic E-state index is 12.4. The van der Waals surface area contributed by atoms with E-state index >= 15 is 0 Å². The summed E-state index contributed by atoms with van der Waals surface area (Å²) in [6, 6.07) is 13.9. The van der Waals surface area contributed by atoms with Crippen LogP contribution in [0.15, 0.2) is 47.8 Å². The van der Waals surface area contributed by atoms with Crippen molar-refractivity contribution in [3.63, 3.8) is 0 Å². The van der Waals surface area contributed by atoms with Crippen molar-refractivity contribution >= 4 is 17.2 Å². The van der Waals surface area contributed by atoms with E-state index in [0.717, 1.165) is 38.5 Å². The third kappa shape index (κ3) is 5.56. The van der Waals surface area contributed by atoms with Crippen LogP contribution in [-0.4, -0.2) is 61.1 Å². The molecule has 1 aromatic heterocycles. The van der Waals surface area contributed by atoms with Crippen LogP contribution in [0, 0.1) is 0 Å². The molecule has 1 fully saturated rings. The number of rotatable bonds is 8. The second-order valence-electron chi connectivity index (χ2n) is 6.51. The number of thiophene rings is 1. The van der Waals surface area contributed by atoms with Crippen LogP contribution < -0.4 is 10.1 Å². The topological polar surface area (TPSA) is 44.8 Å². The average molecular weight is 374 g/mol. The van der Waals surface area contributed by atoms with Crippen LogP contribution in [0.5, 0.6) is 5.75 Å². The number of nitrogens with zero attached hydrogens (tertiary/aromatic N) is 2. The lowest BCUT2D eigenvalue weighted by atomic mass is 10.2. The van der Waals surface area contributed by atoms with Gasteiger partial charge < -0.3 is 10.1 Å². The lowest BCUT2D eigenvalue weighted by Gasteiger charge is -2.37. The molecule has 0 spiro atoms. The van der Waals surface area contributed by atoms with E-state index in [4.69, 9.17) is 4.74 Å². The van der Waals surface area contributed by atoms with Crippen molar-refractivity contribution in [2.75, 3.05) is 39.3 Å². The molecule has 6 heteroatoms. The summed E-state index contributed by atoms with van der Waals surface area (Å²) in [6.07, 6.45) is 0. The Balaban J connectivity index is 1.34. The van der Waals surface area contributed by atoms with Crippen molar-refractivity contribution in [3.05, 3.63) is 52.7 Å². The molecule has 0 saturated carbocycles. The highest BCUT2D eigenvalue weighted by Gasteiger charge is 2.25. The van der Waals surface area contributed by atoms with E-state index in [1.54, 1.807) is 11.3 Å². The molecule has 1 unspecified atom stereocenters. The van der Waals surface area contributed by atoms with Crippen molar-refractivity contribution in [2.24, 2.45) is 0 Å². The Morgan fingerprint density at radius 3 is 2.62 bits per heavy atom. The Hall–Kier alpha value is -1.89. The van der Waals surface area contributed by atoms with E-state index in [2.05, 4.69) is 15.1 Å². The lowest BCUT2D eigenvalue weighted by Crippen LogP contribution is -2.54. The summed E-state index contributed by atoms with van der Waals surface area (Å²) in [6.45, 7) is 8.01. The van der Waals surface area contributed by atoms with Gasteiger partial charge in [-0.05, 0) is 30.5 Å². The van der Waals surface area contributed by atoms with Crippen molar-refractivity contribution in [3.8, 4) is 5.75 Å². The standard InChI is InChI=1S/C20H27N3O2S/c1-17(20(24)21-16-19-8-5-15-26-19)23-11-9-22(10-12-23)13-14-25-18-6-3-2-4-7-18/h2-8,15,17H,9-14,16H2,1H3,(H,21,24). The van der Waals surface area contributed by atoms with Gasteiger partial charge in [0.25, 0.3) is 0 Å². The van der Waals surface area contributed by atoms with Crippen LogP contribution in [0.3, 0.4) is 0 Å². The zero-order valence-electron chi connectivity index (χ0n) is 15.3. The first kappa shape index (κ1) is 18.9. The van der Waals surface area contributed by atoms with Gasteiger partial charge in [0.05, 0.1) is 12.6 Å². The molecule has 1 atom stereocenters. The van der Waals surface area contributed by atoms with Crippen molar-refractivity contribution < 1.29 is 9.53 Å². The predicted molar refractivity (Wildman–Crippen MR) is 106 cm³/mol. The van der Waals surface area contributed by atoms with E-state index in [1.165, 1.54) is 4.88 Å². The Bertz CT molecular complexity index is 655. The molecule has 1 aliphatic heterocycles. The second kappa shape index (κ2) is 9.71. The van der Waals surface area contributed by atoms with Gasteiger partial charge in [-0.3, -0.25) is 14.6 Å². The quantitative estimate of drug-likeness (QED) is 0.772. The number of nitrogens with one attached hydrogen (secondary N) is 1. The molecular formula is C20H27N3O2S. The number of carbonyl (C=O) groups is 1. The van der Waals surface area contributed by atoms with Gasteiger partial charge in [-0.25, -0.2) is 0 Å². The first-order chi connectivity index (χ1) is 12.7. The molecule has 0 bridgehead atoms. The zero-order chi connectivity index (χ0) is 18.2. The third-order valence-corrected chi connectivity index (χ3v) is 5.65. The zero-order valence-corrected chi connectivity index (χ0v) is 16.1. The summed E-state index contributed by atoms with van der Waals surface area (Å²) in [5.41, 5.74) is 0. The smallest absolute Gasteiger partial charge is 0.237 e. The molecule has 26 heavy (non-hydrogen) atoms. The third-order valence-electron chi connectivity index (χ3n) is 4.77. The van der Waals surface area contributed by atoms with Gasteiger partial charge in [-0.1, -0.05) is 24.3 Å². The van der Waals surface area contributed by atoms with E-state index in [-0.39, 0.29) is 11.9 Å². The fourth-order valence-electron chi connectivity index (χ4n) is 3.08. The molecule has 0 radical (unpaired) electrons. The number of hydrogen-bond donors (Lipinski definition) is 1. The summed E-state index contributed by atoms with van der Waals surface area (Å²) in [5.74, 6) is 1.03. The van der Waals surface area contributed by atoms with Gasteiger partial charge in [0.2, 0.25) is 5.91 Å². The van der Waals surface area contributed by atoms with E-state index in [9.17, 15) is 4.79 Å². The van der Waals surface area contributed by atoms with Crippen LogP contribution in [0.25, 0.3) is 0 Å². The SMILES string of the molecule is CC(C(=O)NCc1cccs1)N1CCN(CCOc2ccccc2)CC1. The molecule has 5 nitrogen and oxygen atoms in total. The van der Waals surface area contributed by atoms with Crippen molar-refractivity contribution in [1.29, 1.82) is 0 Å². The highest BCUT2D eigenvalue weighted by atomic mass is 32.1. The molecular weight excluding hydrogens is 346 g/mol. The maximum Gasteiger partial charge on any atom is 0.237 e. The molecule has 3 rings (SSSR count). The fourth-order valence-corrected chi connectivity index (χ4v) is 3.73. The fraction of sp³-hybridized carbons (Fsp3) is 0.450. The Morgan fingerprint density at radius 1 is 1.15 bits per heavy atom. The molecule has 1 saturated heterocycles. The molecule has 2 heterocycles. The van der Waals surface area contributed by atoms with Gasteiger partial charge >= 0.3 is 0 Å². The number of hydrogen-bond acceptors (Lipinski definition) is 5. The van der Waals surface area contributed by atoms with Crippen molar-refractivity contribution in [2.45, 2.75) is 19.5 Å². The summed E-state index contributed by atoms with van der Waals surface area (Å²) >= 11 is 1.67. The van der Waals surface area contributed by atoms with Gasteiger partial charge in [0, 0.05) is 37.6 Å². The molecule has 2 aromatic rings. The van der Waals surface area contributed by atoms with E-state index in [1.807, 2.05) is 54.8 Å². The van der Waals surface area contributed by atoms with Gasteiger partial charge in [0.15, 0.2) is 0 Å². The highest BCUT2D eigenvalue weighted by molar-refractivity contribution is 7.09. The van der Waals surface area contributed by atoms with Gasteiger partial charge in [0.1, 0.15) is 12.4 Å². The van der Waals surface area contributed by atoms with Crippen molar-refractivity contribution in [1.82, 2.24) is 15.1 Å². The molecule has 1 N–H and O–H groups in total. The van der Waals surface area contributed by atoms with Crippen LogP contribution >= 0.6 is 11.3 Å². The van der Waals surface area contributed by atoms with Gasteiger partial charge in [-0.15, -0.1) is 11.3 Å². The molecule has 1 amide bonds. The monoisotopic (exact) mass is 373 g/mol. The first-order valence-corrected chi connectivity index (χ1v) is 10.0. The molecule has 1 aromatic carbocycles. The largest absolute Gasteiger partial charge is 0.492 e. The summed E-state index contributed by atoms with van der Waals surface area (Å²) in [5, 5.41) is 5.08. The average Bonchev–Trinajstić information content (AvgIpc) is 3.20. The lowest BCUT2D eigenvalue weighted by molar-refractivity contribution is -0.126. The Labute approximate surface area is 159 Å². The Morgan fingerprint density at radius 2 is 1.92 bits per heavy atom. The number of amides is 1. The second-order valence-corrected chi connectivity index (χ2v) is 7.54. The molecule has 1 aliphatic rings. The van der Waals surface area contributed by atoms with Crippen LogP contribution in [0.4, 0.5) is 0 Å². The van der Waals surface area contributed by atoms with Crippen LogP contribution in [0.2, 0.25) is 0 Å². The summed E-state index contributed by atoms with van der Waals surface area (Å²) in [4.78, 5) is 18.2. The first-order valence-electron chi connectivity index (χ1n) is 9.17. The number of carbonyl (C=O) groups excluding carboxylic acids is 1. The van der Waals surface area contributed by atoms with Gasteiger partial charge in [-0.2, -0.15) is 0 Å². The number of piperazine rings is 1. The number of ether oxygens (including phenoxy) is 1. The number of para-hydroxylation sites is 1. The normalized spacial score (nSPS) is 17.0. The summed E-state index contributed by atoms with van der Waals surface area (Å²) in [7, 11) is 0. The minimum atomic E-state index is -0.0855. The van der Waals surface area contributed by atoms with E-state index in [0.29, 0.717) is 13.2 Å². The predicted octanol–water partition coefficient (Wildman–Crippen LogP) is 2.45. The highest BCUT2D eigenvalue weighted by Crippen LogP contribution is 2.11. The maximum atomic E-state index is 12.4. The van der Waals surface area contributed by atoms with Crippen LogP contribution in [-0.2, 0) is 11.3 Å². The molecule has 140 valence electrons. The van der Waals surface area contributed by atoms with E-state index < -0.39 is 0 Å². The minimum Gasteiger partial charge on any atom is -0.492 e. The Kier molecular flexibility index (Phi) is 7.05. The minimum absolute atomic E-state index is 0.0855. The van der Waals surface area contributed by atoms with Crippen LogP contribution in [0.1, 0.15) is 11.8 Å². The number of benzene rings is 1.